The molecule has 2 N–H and O–H groups in total. The Hall–Kier alpha value is -2.37. The van der Waals surface area contributed by atoms with E-state index in [0.717, 1.165) is 11.8 Å². The minimum atomic E-state index is -0.963. The third-order valence-electron chi connectivity index (χ3n) is 2.42. The lowest BCUT2D eigenvalue weighted by atomic mass is 10.2. The van der Waals surface area contributed by atoms with Crippen molar-refractivity contribution < 1.29 is 15.0 Å². The van der Waals surface area contributed by atoms with Gasteiger partial charge in [0.1, 0.15) is 6.61 Å². The summed E-state index contributed by atoms with van der Waals surface area (Å²) in [4.78, 5) is 10.6. The number of aromatic nitrogens is 3. The van der Waals surface area contributed by atoms with E-state index >= 15 is 0 Å². The van der Waals surface area contributed by atoms with Crippen molar-refractivity contribution in [1.82, 2.24) is 14.8 Å². The Morgan fingerprint density at radius 1 is 1.35 bits per heavy atom. The number of carbonyl (C=O) groups is 1. The minimum absolute atomic E-state index is 0.153. The molecule has 2 rings (SSSR count). The van der Waals surface area contributed by atoms with E-state index in [1.165, 1.54) is 0 Å². The second-order valence-electron chi connectivity index (χ2n) is 3.73. The lowest BCUT2D eigenvalue weighted by molar-refractivity contribution is -0.133. The summed E-state index contributed by atoms with van der Waals surface area (Å²) in [5.74, 6) is -0.808. The number of aliphatic hydroxyl groups excluding tert-OH is 1. The van der Waals surface area contributed by atoms with Crippen molar-refractivity contribution in [2.45, 2.75) is 11.8 Å². The van der Waals surface area contributed by atoms with E-state index in [9.17, 15) is 9.90 Å². The Balaban J connectivity index is 2.39. The Kier molecular flexibility index (Phi) is 4.34. The average molecular weight is 290 g/mol. The third kappa shape index (κ3) is 2.96. The third-order valence-corrected chi connectivity index (χ3v) is 3.33. The lowest BCUT2D eigenvalue weighted by Crippen LogP contribution is -2.05. The first-order chi connectivity index (χ1) is 9.65. The van der Waals surface area contributed by atoms with E-state index in [1.54, 1.807) is 28.8 Å². The van der Waals surface area contributed by atoms with Gasteiger partial charge < -0.3 is 10.2 Å². The highest BCUT2D eigenvalue weighted by Crippen LogP contribution is 2.22. The molecule has 20 heavy (non-hydrogen) atoms. The van der Waals surface area contributed by atoms with Crippen LogP contribution in [0.3, 0.4) is 0 Å². The van der Waals surface area contributed by atoms with Gasteiger partial charge in [-0.3, -0.25) is 9.36 Å². The number of aliphatic hydroxyl groups is 1. The Morgan fingerprint density at radius 3 is 2.60 bits per heavy atom. The van der Waals surface area contributed by atoms with Crippen LogP contribution in [0.4, 0.5) is 0 Å². The summed E-state index contributed by atoms with van der Waals surface area (Å²) >= 11 is 1.01. The number of benzene rings is 1. The normalized spacial score (nSPS) is 10.2. The summed E-state index contributed by atoms with van der Waals surface area (Å²) in [7, 11) is 0. The molecule has 0 aliphatic carbocycles. The van der Waals surface area contributed by atoms with Gasteiger partial charge in [-0.05, 0) is 24.3 Å². The number of hydrogen-bond acceptors (Lipinski definition) is 6. The van der Waals surface area contributed by atoms with Crippen molar-refractivity contribution in [3.63, 3.8) is 0 Å². The first-order valence-electron chi connectivity index (χ1n) is 5.56. The van der Waals surface area contributed by atoms with Gasteiger partial charge in [0.25, 0.3) is 0 Å². The molecule has 0 unspecified atom stereocenters. The highest BCUT2D eigenvalue weighted by molar-refractivity contribution is 7.99. The van der Waals surface area contributed by atoms with Gasteiger partial charge in [0.2, 0.25) is 0 Å². The summed E-state index contributed by atoms with van der Waals surface area (Å²) in [5.41, 5.74) is 1.16. The zero-order valence-corrected chi connectivity index (χ0v) is 11.0. The van der Waals surface area contributed by atoms with Crippen LogP contribution < -0.4 is 0 Å². The summed E-state index contributed by atoms with van der Waals surface area (Å²) in [6.45, 7) is -0.319. The van der Waals surface area contributed by atoms with E-state index in [2.05, 4.69) is 10.2 Å². The number of thioether (sulfide) groups is 1. The van der Waals surface area contributed by atoms with Gasteiger partial charge in [-0.1, -0.05) is 11.8 Å². The molecule has 0 saturated carbocycles. The van der Waals surface area contributed by atoms with Crippen molar-refractivity contribution in [1.29, 1.82) is 5.26 Å². The zero-order chi connectivity index (χ0) is 14.5. The maximum absolute atomic E-state index is 10.6. The van der Waals surface area contributed by atoms with Gasteiger partial charge in [0, 0.05) is 5.69 Å². The predicted molar refractivity (Wildman–Crippen MR) is 70.4 cm³/mol. The van der Waals surface area contributed by atoms with Gasteiger partial charge in [-0.15, -0.1) is 10.2 Å². The number of nitriles is 1. The fourth-order valence-corrected chi connectivity index (χ4v) is 2.26. The van der Waals surface area contributed by atoms with Crippen molar-refractivity contribution in [2.75, 3.05) is 5.75 Å². The highest BCUT2D eigenvalue weighted by atomic mass is 32.2. The molecule has 0 aliphatic heterocycles. The van der Waals surface area contributed by atoms with Gasteiger partial charge in [-0.25, -0.2) is 0 Å². The smallest absolute Gasteiger partial charge is 0.313 e. The van der Waals surface area contributed by atoms with Gasteiger partial charge >= 0.3 is 5.97 Å². The van der Waals surface area contributed by atoms with Crippen LogP contribution >= 0.6 is 11.8 Å². The zero-order valence-electron chi connectivity index (χ0n) is 10.2. The molecule has 0 atom stereocenters. The molecule has 1 heterocycles. The molecule has 0 saturated heterocycles. The second-order valence-corrected chi connectivity index (χ2v) is 4.68. The topological polar surface area (TPSA) is 112 Å². The van der Waals surface area contributed by atoms with Crippen LogP contribution in [0.25, 0.3) is 5.69 Å². The molecule has 0 spiro atoms. The molecule has 0 fully saturated rings. The molecule has 0 radical (unpaired) electrons. The summed E-state index contributed by atoms with van der Waals surface area (Å²) in [5, 5.41) is 34.8. The lowest BCUT2D eigenvalue weighted by Gasteiger charge is -2.08. The quantitative estimate of drug-likeness (QED) is 0.783. The van der Waals surface area contributed by atoms with Crippen molar-refractivity contribution in [3.05, 3.63) is 35.7 Å². The molecule has 1 aromatic carbocycles. The maximum atomic E-state index is 10.6. The fraction of sp³-hybridized carbons (Fsp3) is 0.167. The van der Waals surface area contributed by atoms with E-state index in [1.807, 2.05) is 6.07 Å². The van der Waals surface area contributed by atoms with E-state index in [0.29, 0.717) is 22.2 Å². The second kappa shape index (κ2) is 6.18. The molecular weight excluding hydrogens is 280 g/mol. The van der Waals surface area contributed by atoms with Crippen molar-refractivity contribution in [2.24, 2.45) is 0 Å². The molecule has 7 nitrogen and oxygen atoms in total. The van der Waals surface area contributed by atoms with Crippen LogP contribution in [-0.4, -0.2) is 36.7 Å². The van der Waals surface area contributed by atoms with E-state index < -0.39 is 5.97 Å². The Morgan fingerprint density at radius 2 is 2.05 bits per heavy atom. The standard InChI is InChI=1S/C12H10N4O3S/c13-5-8-1-3-9(4-2-8)16-10(6-17)14-15-12(16)20-7-11(18)19/h1-4,17H,6-7H2,(H,18,19). The van der Waals surface area contributed by atoms with Crippen LogP contribution in [0.2, 0.25) is 0 Å². The van der Waals surface area contributed by atoms with Crippen LogP contribution in [0.1, 0.15) is 11.4 Å². The number of aliphatic carboxylic acids is 1. The van der Waals surface area contributed by atoms with Crippen LogP contribution in [-0.2, 0) is 11.4 Å². The minimum Gasteiger partial charge on any atom is -0.481 e. The monoisotopic (exact) mass is 290 g/mol. The maximum Gasteiger partial charge on any atom is 0.313 e. The molecule has 102 valence electrons. The largest absolute Gasteiger partial charge is 0.481 e. The number of carboxylic acids is 1. The molecule has 1 aromatic heterocycles. The molecule has 0 aliphatic rings. The van der Waals surface area contributed by atoms with E-state index in [4.69, 9.17) is 10.4 Å². The number of nitrogens with zero attached hydrogens (tertiary/aromatic N) is 4. The fourth-order valence-electron chi connectivity index (χ4n) is 1.57. The summed E-state index contributed by atoms with van der Waals surface area (Å²) in [6.07, 6.45) is 0. The van der Waals surface area contributed by atoms with E-state index in [-0.39, 0.29) is 12.4 Å². The SMILES string of the molecule is N#Cc1ccc(-n2c(CO)nnc2SCC(=O)O)cc1. The first kappa shape index (κ1) is 14.0. The van der Waals surface area contributed by atoms with Crippen molar-refractivity contribution >= 4 is 17.7 Å². The van der Waals surface area contributed by atoms with Gasteiger partial charge in [0.15, 0.2) is 11.0 Å². The summed E-state index contributed by atoms with van der Waals surface area (Å²) in [6, 6.07) is 8.64. The first-order valence-corrected chi connectivity index (χ1v) is 6.54. The number of hydrogen-bond donors (Lipinski definition) is 2. The Labute approximate surface area is 118 Å². The molecule has 0 bridgehead atoms. The number of rotatable bonds is 5. The van der Waals surface area contributed by atoms with Gasteiger partial charge in [-0.2, -0.15) is 5.26 Å². The van der Waals surface area contributed by atoms with Crippen LogP contribution in [0.5, 0.6) is 0 Å². The molecule has 0 amide bonds. The highest BCUT2D eigenvalue weighted by Gasteiger charge is 2.14. The predicted octanol–water partition coefficient (Wildman–Crippen LogP) is 0.808. The van der Waals surface area contributed by atoms with Gasteiger partial charge in [0.05, 0.1) is 17.4 Å². The van der Waals surface area contributed by atoms with Crippen LogP contribution in [0, 0.1) is 11.3 Å². The summed E-state index contributed by atoms with van der Waals surface area (Å²) < 4.78 is 1.56. The Bertz CT molecular complexity index is 660. The number of carboxylic acid groups (broad SMARTS) is 1. The average Bonchev–Trinajstić information content (AvgIpc) is 2.88. The molecular formula is C12H10N4O3S. The van der Waals surface area contributed by atoms with Crippen LogP contribution in [0.15, 0.2) is 29.4 Å². The van der Waals surface area contributed by atoms with Crippen molar-refractivity contribution in [3.8, 4) is 11.8 Å². The molecule has 2 aromatic rings. The molecule has 8 heteroatoms.